The number of anilines is 1. The number of hydrogen-bond donors (Lipinski definition) is 1. The molecule has 0 atom stereocenters. The van der Waals surface area contributed by atoms with Gasteiger partial charge in [-0.3, -0.25) is 14.6 Å². The first-order valence-electron chi connectivity index (χ1n) is 8.54. The molecule has 3 rings (SSSR count). The van der Waals surface area contributed by atoms with Crippen LogP contribution in [0.3, 0.4) is 0 Å². The van der Waals surface area contributed by atoms with Crippen molar-refractivity contribution in [2.75, 3.05) is 38.0 Å². The van der Waals surface area contributed by atoms with E-state index in [4.69, 9.17) is 46.4 Å². The van der Waals surface area contributed by atoms with Gasteiger partial charge in [0.05, 0.1) is 27.3 Å². The summed E-state index contributed by atoms with van der Waals surface area (Å²) in [5, 5.41) is 4.63. The third kappa shape index (κ3) is 5.98. The van der Waals surface area contributed by atoms with E-state index in [2.05, 4.69) is 15.1 Å². The van der Waals surface area contributed by atoms with Crippen LogP contribution in [-0.2, 0) is 11.3 Å². The molecule has 1 N–H and O–H groups in total. The highest BCUT2D eigenvalue weighted by atomic mass is 35.5. The summed E-state index contributed by atoms with van der Waals surface area (Å²) < 4.78 is 0. The molecule has 0 unspecified atom stereocenters. The Morgan fingerprint density at radius 2 is 1.44 bits per heavy atom. The van der Waals surface area contributed by atoms with E-state index >= 15 is 0 Å². The Bertz CT molecular complexity index is 805. The molecule has 1 saturated heterocycles. The average Bonchev–Trinajstić information content (AvgIpc) is 2.63. The maximum Gasteiger partial charge on any atom is 0.238 e. The first-order chi connectivity index (χ1) is 12.9. The van der Waals surface area contributed by atoms with Gasteiger partial charge in [-0.05, 0) is 29.8 Å². The fourth-order valence-electron chi connectivity index (χ4n) is 2.96. The van der Waals surface area contributed by atoms with E-state index in [1.807, 2.05) is 24.3 Å². The number of nitrogens with zero attached hydrogens (tertiary/aromatic N) is 2. The van der Waals surface area contributed by atoms with E-state index in [1.165, 1.54) is 11.6 Å². The van der Waals surface area contributed by atoms with Crippen molar-refractivity contribution in [3.63, 3.8) is 0 Å². The number of amides is 1. The molecule has 4 nitrogen and oxygen atoms in total. The predicted molar refractivity (Wildman–Crippen MR) is 113 cm³/mol. The molecule has 0 saturated carbocycles. The minimum absolute atomic E-state index is 0.124. The van der Waals surface area contributed by atoms with Crippen molar-refractivity contribution in [2.24, 2.45) is 0 Å². The zero-order chi connectivity index (χ0) is 19.4. The molecule has 1 aliphatic heterocycles. The molecule has 144 valence electrons. The van der Waals surface area contributed by atoms with E-state index in [-0.39, 0.29) is 5.91 Å². The van der Waals surface area contributed by atoms with Gasteiger partial charge < -0.3 is 5.32 Å². The molecule has 1 amide bonds. The van der Waals surface area contributed by atoms with Gasteiger partial charge in [-0.2, -0.15) is 0 Å². The highest BCUT2D eigenvalue weighted by molar-refractivity contribution is 6.44. The Morgan fingerprint density at radius 1 is 0.852 bits per heavy atom. The number of rotatable bonds is 5. The van der Waals surface area contributed by atoms with Crippen LogP contribution in [-0.4, -0.2) is 48.4 Å². The molecule has 8 heteroatoms. The summed E-state index contributed by atoms with van der Waals surface area (Å²) in [7, 11) is 0. The van der Waals surface area contributed by atoms with E-state index in [1.54, 1.807) is 6.07 Å². The Kier molecular flexibility index (Phi) is 7.26. The number of carbonyl (C=O) groups excluding carboxylic acids is 1. The second-order valence-electron chi connectivity index (χ2n) is 6.47. The topological polar surface area (TPSA) is 35.6 Å². The van der Waals surface area contributed by atoms with E-state index in [0.29, 0.717) is 27.3 Å². The van der Waals surface area contributed by atoms with Gasteiger partial charge in [-0.1, -0.05) is 58.5 Å². The molecule has 1 aliphatic rings. The van der Waals surface area contributed by atoms with Crippen LogP contribution in [0.15, 0.2) is 36.4 Å². The molecule has 0 spiro atoms. The van der Waals surface area contributed by atoms with Crippen molar-refractivity contribution in [2.45, 2.75) is 6.54 Å². The zero-order valence-corrected chi connectivity index (χ0v) is 17.5. The predicted octanol–water partition coefficient (Wildman–Crippen LogP) is 5.06. The average molecular weight is 447 g/mol. The number of carbonyl (C=O) groups is 1. The Morgan fingerprint density at radius 3 is 2.11 bits per heavy atom. The third-order valence-corrected chi connectivity index (χ3v) is 5.72. The van der Waals surface area contributed by atoms with Crippen LogP contribution in [0.1, 0.15) is 5.56 Å². The lowest BCUT2D eigenvalue weighted by molar-refractivity contribution is -0.117. The lowest BCUT2D eigenvalue weighted by atomic mass is 10.2. The molecule has 0 radical (unpaired) electrons. The van der Waals surface area contributed by atoms with E-state index < -0.39 is 0 Å². The summed E-state index contributed by atoms with van der Waals surface area (Å²) in [6, 6.07) is 11.0. The molecule has 2 aromatic carbocycles. The largest absolute Gasteiger partial charge is 0.324 e. The minimum atomic E-state index is -0.124. The van der Waals surface area contributed by atoms with E-state index in [9.17, 15) is 4.79 Å². The molecular formula is C19H19Cl4N3O. The summed E-state index contributed by atoms with van der Waals surface area (Å²) >= 11 is 23.9. The molecule has 0 aromatic heterocycles. The van der Waals surface area contributed by atoms with Gasteiger partial charge in [-0.25, -0.2) is 0 Å². The molecular weight excluding hydrogens is 428 g/mol. The lowest BCUT2D eigenvalue weighted by Gasteiger charge is -2.34. The SMILES string of the molecule is O=C(CN1CCN(Cc2ccc(Cl)cc2)CC1)Nc1cc(Cl)c(Cl)cc1Cl. The molecule has 1 heterocycles. The van der Waals surface area contributed by atoms with Gasteiger partial charge >= 0.3 is 0 Å². The summed E-state index contributed by atoms with van der Waals surface area (Å²) in [6.07, 6.45) is 0. The minimum Gasteiger partial charge on any atom is -0.324 e. The van der Waals surface area contributed by atoms with Crippen molar-refractivity contribution in [1.82, 2.24) is 9.80 Å². The standard InChI is InChI=1S/C19H19Cl4N3O/c20-14-3-1-13(2-4-14)11-25-5-7-26(8-6-25)12-19(27)24-18-10-16(22)15(21)9-17(18)23/h1-4,9-10H,5-8,11-12H2,(H,24,27). The molecule has 1 fully saturated rings. The highest BCUT2D eigenvalue weighted by Gasteiger charge is 2.19. The van der Waals surface area contributed by atoms with Gasteiger partial charge in [0.25, 0.3) is 0 Å². The first kappa shape index (κ1) is 20.7. The summed E-state index contributed by atoms with van der Waals surface area (Å²) in [6.45, 7) is 4.67. The Labute approximate surface area is 178 Å². The molecule has 0 bridgehead atoms. The zero-order valence-electron chi connectivity index (χ0n) is 14.5. The summed E-state index contributed by atoms with van der Waals surface area (Å²) in [4.78, 5) is 16.8. The van der Waals surface area contributed by atoms with Crippen LogP contribution >= 0.6 is 46.4 Å². The van der Waals surface area contributed by atoms with Gasteiger partial charge in [-0.15, -0.1) is 0 Å². The summed E-state index contributed by atoms with van der Waals surface area (Å²) in [5.74, 6) is -0.124. The van der Waals surface area contributed by atoms with Crippen molar-refractivity contribution < 1.29 is 4.79 Å². The number of hydrogen-bond acceptors (Lipinski definition) is 3. The summed E-state index contributed by atoms with van der Waals surface area (Å²) in [5.41, 5.74) is 1.71. The maximum absolute atomic E-state index is 12.3. The normalized spacial score (nSPS) is 15.7. The number of nitrogens with one attached hydrogen (secondary N) is 1. The van der Waals surface area contributed by atoms with Crippen LogP contribution in [0.25, 0.3) is 0 Å². The van der Waals surface area contributed by atoms with Crippen molar-refractivity contribution in [3.05, 3.63) is 62.1 Å². The quantitative estimate of drug-likeness (QED) is 0.652. The Balaban J connectivity index is 1.46. The second-order valence-corrected chi connectivity index (χ2v) is 8.13. The van der Waals surface area contributed by atoms with Crippen LogP contribution in [0.4, 0.5) is 5.69 Å². The molecule has 27 heavy (non-hydrogen) atoms. The van der Waals surface area contributed by atoms with Crippen molar-refractivity contribution in [1.29, 1.82) is 0 Å². The third-order valence-electron chi connectivity index (χ3n) is 4.44. The van der Waals surface area contributed by atoms with Crippen LogP contribution in [0.2, 0.25) is 20.1 Å². The fraction of sp³-hybridized carbons (Fsp3) is 0.316. The van der Waals surface area contributed by atoms with Crippen LogP contribution in [0, 0.1) is 0 Å². The van der Waals surface area contributed by atoms with Crippen molar-refractivity contribution in [3.8, 4) is 0 Å². The second kappa shape index (κ2) is 9.46. The Hall–Kier alpha value is -1.01. The monoisotopic (exact) mass is 445 g/mol. The number of halogens is 4. The van der Waals surface area contributed by atoms with Gasteiger partial charge in [0.2, 0.25) is 5.91 Å². The number of piperazine rings is 1. The van der Waals surface area contributed by atoms with Crippen LogP contribution < -0.4 is 5.32 Å². The number of benzene rings is 2. The lowest BCUT2D eigenvalue weighted by Crippen LogP contribution is -2.48. The van der Waals surface area contributed by atoms with Crippen molar-refractivity contribution >= 4 is 58.0 Å². The first-order valence-corrected chi connectivity index (χ1v) is 10.1. The van der Waals surface area contributed by atoms with Gasteiger partial charge in [0, 0.05) is 37.7 Å². The van der Waals surface area contributed by atoms with Gasteiger partial charge in [0.15, 0.2) is 0 Å². The highest BCUT2D eigenvalue weighted by Crippen LogP contribution is 2.32. The smallest absolute Gasteiger partial charge is 0.238 e. The van der Waals surface area contributed by atoms with Gasteiger partial charge in [0.1, 0.15) is 0 Å². The van der Waals surface area contributed by atoms with E-state index in [0.717, 1.165) is 37.7 Å². The molecule has 2 aromatic rings. The maximum atomic E-state index is 12.3. The molecule has 0 aliphatic carbocycles. The fourth-order valence-corrected chi connectivity index (χ4v) is 3.68. The van der Waals surface area contributed by atoms with Crippen LogP contribution in [0.5, 0.6) is 0 Å².